The molecule has 1 fully saturated rings. The van der Waals surface area contributed by atoms with Crippen molar-refractivity contribution in [2.24, 2.45) is 5.92 Å². The Balaban J connectivity index is 1.98. The van der Waals surface area contributed by atoms with Gasteiger partial charge in [-0.2, -0.15) is 0 Å². The molecule has 15 heavy (non-hydrogen) atoms. The quantitative estimate of drug-likeness (QED) is 0.574. The predicted molar refractivity (Wildman–Crippen MR) is 65.8 cm³/mol. The molecule has 0 bridgehead atoms. The normalized spacial score (nSPS) is 18.7. The van der Waals surface area contributed by atoms with Gasteiger partial charge >= 0.3 is 0 Å². The molecule has 0 aliphatic heterocycles. The van der Waals surface area contributed by atoms with Crippen LogP contribution in [0.25, 0.3) is 0 Å². The molecule has 0 aromatic heterocycles. The SMILES string of the molecule is Nc1ccccc1CC1CCCCCC1. The molecule has 1 heteroatoms. The van der Waals surface area contributed by atoms with Crippen molar-refractivity contribution in [1.82, 2.24) is 0 Å². The zero-order valence-corrected chi connectivity index (χ0v) is 9.41. The summed E-state index contributed by atoms with van der Waals surface area (Å²) in [7, 11) is 0. The lowest BCUT2D eigenvalue weighted by Gasteiger charge is -2.15. The minimum atomic E-state index is 0.872. The Labute approximate surface area is 92.7 Å². The number of para-hydroxylation sites is 1. The molecule has 82 valence electrons. The summed E-state index contributed by atoms with van der Waals surface area (Å²) in [4.78, 5) is 0. The first kappa shape index (κ1) is 10.5. The van der Waals surface area contributed by atoms with E-state index in [0.717, 1.165) is 11.6 Å². The number of rotatable bonds is 2. The molecular formula is C14H21N. The first-order chi connectivity index (χ1) is 7.36. The van der Waals surface area contributed by atoms with E-state index in [1.54, 1.807) is 0 Å². The van der Waals surface area contributed by atoms with E-state index in [9.17, 15) is 0 Å². The molecule has 1 aromatic rings. The monoisotopic (exact) mass is 203 g/mol. The van der Waals surface area contributed by atoms with Gasteiger partial charge in [0.05, 0.1) is 0 Å². The second-order valence-electron chi connectivity index (χ2n) is 4.76. The number of nitrogen functional groups attached to an aromatic ring is 1. The van der Waals surface area contributed by atoms with Crippen molar-refractivity contribution < 1.29 is 0 Å². The second kappa shape index (κ2) is 5.20. The van der Waals surface area contributed by atoms with E-state index in [4.69, 9.17) is 5.73 Å². The molecular weight excluding hydrogens is 182 g/mol. The second-order valence-corrected chi connectivity index (χ2v) is 4.76. The van der Waals surface area contributed by atoms with Crippen LogP contribution < -0.4 is 5.73 Å². The third-order valence-electron chi connectivity index (χ3n) is 3.54. The molecule has 2 N–H and O–H groups in total. The van der Waals surface area contributed by atoms with E-state index in [-0.39, 0.29) is 0 Å². The number of nitrogens with two attached hydrogens (primary N) is 1. The van der Waals surface area contributed by atoms with Crippen molar-refractivity contribution in [2.75, 3.05) is 5.73 Å². The summed E-state index contributed by atoms with van der Waals surface area (Å²) >= 11 is 0. The zero-order chi connectivity index (χ0) is 10.5. The van der Waals surface area contributed by atoms with E-state index in [1.165, 1.54) is 50.5 Å². The van der Waals surface area contributed by atoms with Crippen molar-refractivity contribution in [3.05, 3.63) is 29.8 Å². The van der Waals surface area contributed by atoms with Crippen LogP contribution >= 0.6 is 0 Å². The highest BCUT2D eigenvalue weighted by atomic mass is 14.6. The Hall–Kier alpha value is -0.980. The first-order valence-electron chi connectivity index (χ1n) is 6.19. The highest BCUT2D eigenvalue weighted by molar-refractivity contribution is 5.46. The molecule has 0 radical (unpaired) electrons. The van der Waals surface area contributed by atoms with Crippen LogP contribution in [0, 0.1) is 5.92 Å². The van der Waals surface area contributed by atoms with Crippen molar-refractivity contribution in [2.45, 2.75) is 44.9 Å². The number of benzene rings is 1. The number of hydrogen-bond donors (Lipinski definition) is 1. The lowest BCUT2D eigenvalue weighted by Crippen LogP contribution is -2.05. The van der Waals surface area contributed by atoms with E-state index in [0.29, 0.717) is 0 Å². The van der Waals surface area contributed by atoms with Gasteiger partial charge in [-0.25, -0.2) is 0 Å². The lowest BCUT2D eigenvalue weighted by atomic mass is 9.92. The van der Waals surface area contributed by atoms with Gasteiger partial charge in [0.2, 0.25) is 0 Å². The van der Waals surface area contributed by atoms with Gasteiger partial charge < -0.3 is 5.73 Å². The smallest absolute Gasteiger partial charge is 0.0346 e. The molecule has 1 aliphatic rings. The van der Waals surface area contributed by atoms with Crippen molar-refractivity contribution in [1.29, 1.82) is 0 Å². The van der Waals surface area contributed by atoms with Gasteiger partial charge in [-0.1, -0.05) is 56.7 Å². The van der Waals surface area contributed by atoms with Crippen molar-refractivity contribution in [3.8, 4) is 0 Å². The molecule has 0 spiro atoms. The summed E-state index contributed by atoms with van der Waals surface area (Å²) in [6.45, 7) is 0. The molecule has 0 unspecified atom stereocenters. The van der Waals surface area contributed by atoms with Gasteiger partial charge in [0.15, 0.2) is 0 Å². The highest BCUT2D eigenvalue weighted by Crippen LogP contribution is 2.27. The third kappa shape index (κ3) is 2.98. The van der Waals surface area contributed by atoms with Gasteiger partial charge in [-0.3, -0.25) is 0 Å². The van der Waals surface area contributed by atoms with E-state index < -0.39 is 0 Å². The van der Waals surface area contributed by atoms with Gasteiger partial charge in [0, 0.05) is 5.69 Å². The molecule has 1 nitrogen and oxygen atoms in total. The summed E-state index contributed by atoms with van der Waals surface area (Å²) in [5.41, 5.74) is 8.30. The summed E-state index contributed by atoms with van der Waals surface area (Å²) in [5, 5.41) is 0. The van der Waals surface area contributed by atoms with E-state index in [2.05, 4.69) is 12.1 Å². The Kier molecular flexibility index (Phi) is 3.65. The molecule has 0 saturated heterocycles. The summed E-state index contributed by atoms with van der Waals surface area (Å²) in [6, 6.07) is 8.32. The topological polar surface area (TPSA) is 26.0 Å². The van der Waals surface area contributed by atoms with Crippen LogP contribution in [-0.2, 0) is 6.42 Å². The van der Waals surface area contributed by atoms with Crippen LogP contribution in [0.15, 0.2) is 24.3 Å². The van der Waals surface area contributed by atoms with Gasteiger partial charge in [-0.15, -0.1) is 0 Å². The van der Waals surface area contributed by atoms with E-state index in [1.807, 2.05) is 12.1 Å². The van der Waals surface area contributed by atoms with Gasteiger partial charge in [0.25, 0.3) is 0 Å². The van der Waals surface area contributed by atoms with Crippen LogP contribution in [0.2, 0.25) is 0 Å². The molecule has 0 amide bonds. The maximum absolute atomic E-state index is 5.98. The van der Waals surface area contributed by atoms with Crippen LogP contribution in [0.3, 0.4) is 0 Å². The number of anilines is 1. The molecule has 1 aromatic carbocycles. The first-order valence-corrected chi connectivity index (χ1v) is 6.19. The Morgan fingerprint density at radius 1 is 1.00 bits per heavy atom. The van der Waals surface area contributed by atoms with Crippen LogP contribution in [0.1, 0.15) is 44.1 Å². The molecule has 1 saturated carbocycles. The predicted octanol–water partition coefficient (Wildman–Crippen LogP) is 3.78. The number of hydrogen-bond acceptors (Lipinski definition) is 1. The minimum Gasteiger partial charge on any atom is -0.399 e. The van der Waals surface area contributed by atoms with Crippen molar-refractivity contribution >= 4 is 5.69 Å². The fourth-order valence-corrected chi connectivity index (χ4v) is 2.60. The molecule has 0 heterocycles. The standard InChI is InChI=1S/C14H21N/c15-14-10-6-5-9-13(14)11-12-7-3-1-2-4-8-12/h5-6,9-10,12H,1-4,7-8,11,15H2. The minimum absolute atomic E-state index is 0.872. The summed E-state index contributed by atoms with van der Waals surface area (Å²) < 4.78 is 0. The maximum atomic E-state index is 5.98. The maximum Gasteiger partial charge on any atom is 0.0346 e. The van der Waals surface area contributed by atoms with Crippen LogP contribution in [0.5, 0.6) is 0 Å². The van der Waals surface area contributed by atoms with Gasteiger partial charge in [0.1, 0.15) is 0 Å². The van der Waals surface area contributed by atoms with Crippen LogP contribution in [0.4, 0.5) is 5.69 Å². The van der Waals surface area contributed by atoms with Crippen molar-refractivity contribution in [3.63, 3.8) is 0 Å². The fraction of sp³-hybridized carbons (Fsp3) is 0.571. The summed E-state index contributed by atoms with van der Waals surface area (Å²) in [6.07, 6.45) is 9.67. The van der Waals surface area contributed by atoms with Gasteiger partial charge in [-0.05, 0) is 24.0 Å². The van der Waals surface area contributed by atoms with Crippen LogP contribution in [-0.4, -0.2) is 0 Å². The molecule has 2 rings (SSSR count). The Morgan fingerprint density at radius 3 is 2.33 bits per heavy atom. The average Bonchev–Trinajstić information content (AvgIpc) is 2.50. The largest absolute Gasteiger partial charge is 0.399 e. The lowest BCUT2D eigenvalue weighted by molar-refractivity contribution is 0.458. The molecule has 1 aliphatic carbocycles. The third-order valence-corrected chi connectivity index (χ3v) is 3.54. The Bertz CT molecular complexity index is 298. The Morgan fingerprint density at radius 2 is 1.67 bits per heavy atom. The highest BCUT2D eigenvalue weighted by Gasteiger charge is 2.13. The average molecular weight is 203 g/mol. The van der Waals surface area contributed by atoms with E-state index >= 15 is 0 Å². The fourth-order valence-electron chi connectivity index (χ4n) is 2.60. The molecule has 0 atom stereocenters. The summed E-state index contributed by atoms with van der Waals surface area (Å²) in [5.74, 6) is 0.872. The zero-order valence-electron chi connectivity index (χ0n) is 9.41.